The Bertz CT molecular complexity index is 1330. The average Bonchev–Trinajstić information content (AvgIpc) is 3.06. The van der Waals surface area contributed by atoms with Crippen LogP contribution in [0.2, 0.25) is 5.02 Å². The second kappa shape index (κ2) is 11.2. The van der Waals surface area contributed by atoms with Gasteiger partial charge in [-0.3, -0.25) is 9.78 Å². The Labute approximate surface area is 229 Å². The number of fused-ring (bicyclic) bond motifs is 2. The lowest BCUT2D eigenvalue weighted by Gasteiger charge is -2.32. The molecule has 1 fully saturated rings. The fraction of sp³-hybridized carbons (Fsp3) is 0.355. The summed E-state index contributed by atoms with van der Waals surface area (Å²) < 4.78 is 12.1. The SMILES string of the molecule is CC(C)(Oc1ccc2c(c1)/C(=C/CCN1CCC(c3ccc(Cl)cc3)CC1)c1cccnc1CO2)C(N)=O. The predicted molar refractivity (Wildman–Crippen MR) is 150 cm³/mol. The Morgan fingerprint density at radius 3 is 2.66 bits per heavy atom. The third-order valence-corrected chi connectivity index (χ3v) is 7.73. The summed E-state index contributed by atoms with van der Waals surface area (Å²) in [6.07, 6.45) is 7.27. The van der Waals surface area contributed by atoms with Crippen LogP contribution in [0.4, 0.5) is 0 Å². The van der Waals surface area contributed by atoms with Crippen molar-refractivity contribution in [2.24, 2.45) is 5.73 Å². The summed E-state index contributed by atoms with van der Waals surface area (Å²) in [4.78, 5) is 19.0. The van der Waals surface area contributed by atoms with Gasteiger partial charge in [-0.05, 0) is 99.7 Å². The number of nitrogens with zero attached hydrogens (tertiary/aromatic N) is 2. The zero-order valence-electron chi connectivity index (χ0n) is 22.0. The third-order valence-electron chi connectivity index (χ3n) is 7.48. The third kappa shape index (κ3) is 5.87. The number of halogens is 1. The first-order valence-corrected chi connectivity index (χ1v) is 13.6. The number of nitrogens with two attached hydrogens (primary N) is 1. The van der Waals surface area contributed by atoms with E-state index in [9.17, 15) is 4.79 Å². The number of benzene rings is 2. The number of hydrogen-bond donors (Lipinski definition) is 1. The van der Waals surface area contributed by atoms with Crippen LogP contribution < -0.4 is 15.2 Å². The summed E-state index contributed by atoms with van der Waals surface area (Å²) >= 11 is 6.07. The van der Waals surface area contributed by atoms with Gasteiger partial charge in [0, 0.05) is 28.9 Å². The van der Waals surface area contributed by atoms with Crippen molar-refractivity contribution in [2.45, 2.75) is 51.2 Å². The number of piperidine rings is 1. The van der Waals surface area contributed by atoms with E-state index in [1.54, 1.807) is 20.0 Å². The maximum absolute atomic E-state index is 11.8. The van der Waals surface area contributed by atoms with E-state index in [-0.39, 0.29) is 0 Å². The lowest BCUT2D eigenvalue weighted by Crippen LogP contribution is -2.43. The minimum Gasteiger partial charge on any atom is -0.487 e. The van der Waals surface area contributed by atoms with Gasteiger partial charge in [0.15, 0.2) is 5.60 Å². The summed E-state index contributed by atoms with van der Waals surface area (Å²) in [5.41, 5.74) is 9.75. The smallest absolute Gasteiger partial charge is 0.261 e. The molecule has 1 aromatic heterocycles. The first-order valence-electron chi connectivity index (χ1n) is 13.2. The molecule has 3 aromatic rings. The zero-order chi connectivity index (χ0) is 26.7. The Kier molecular flexibility index (Phi) is 7.73. The molecule has 1 amide bonds. The fourth-order valence-corrected chi connectivity index (χ4v) is 5.31. The van der Waals surface area contributed by atoms with Gasteiger partial charge < -0.3 is 20.1 Å². The maximum Gasteiger partial charge on any atom is 0.261 e. The lowest BCUT2D eigenvalue weighted by atomic mass is 9.89. The molecule has 1 saturated heterocycles. The van der Waals surface area contributed by atoms with Gasteiger partial charge in [-0.25, -0.2) is 0 Å². The van der Waals surface area contributed by atoms with Crippen LogP contribution in [-0.2, 0) is 11.4 Å². The molecule has 0 unspecified atom stereocenters. The van der Waals surface area contributed by atoms with Crippen LogP contribution >= 0.6 is 11.6 Å². The topological polar surface area (TPSA) is 77.7 Å². The molecular formula is C31H34ClN3O3. The van der Waals surface area contributed by atoms with Crippen LogP contribution in [0.25, 0.3) is 5.57 Å². The van der Waals surface area contributed by atoms with Gasteiger partial charge in [0.25, 0.3) is 5.91 Å². The molecule has 7 heteroatoms. The summed E-state index contributed by atoms with van der Waals surface area (Å²) in [5, 5.41) is 0.789. The molecule has 0 aliphatic carbocycles. The van der Waals surface area contributed by atoms with Crippen molar-refractivity contribution in [1.29, 1.82) is 0 Å². The molecule has 3 heterocycles. The zero-order valence-corrected chi connectivity index (χ0v) is 22.7. The monoisotopic (exact) mass is 531 g/mol. The minimum atomic E-state index is -1.12. The molecule has 198 valence electrons. The van der Waals surface area contributed by atoms with E-state index in [2.05, 4.69) is 34.2 Å². The van der Waals surface area contributed by atoms with Gasteiger partial charge in [0.1, 0.15) is 18.1 Å². The number of hydrogen-bond acceptors (Lipinski definition) is 5. The summed E-state index contributed by atoms with van der Waals surface area (Å²) in [7, 11) is 0. The van der Waals surface area contributed by atoms with E-state index < -0.39 is 11.5 Å². The number of carbonyl (C=O) groups is 1. The molecule has 0 saturated carbocycles. The molecule has 2 aliphatic rings. The molecule has 2 aromatic carbocycles. The quantitative estimate of drug-likeness (QED) is 0.406. The molecular weight excluding hydrogens is 498 g/mol. The van der Waals surface area contributed by atoms with Crippen LogP contribution in [0.15, 0.2) is 66.9 Å². The van der Waals surface area contributed by atoms with E-state index in [0.717, 1.165) is 72.1 Å². The fourth-order valence-electron chi connectivity index (χ4n) is 5.18. The maximum atomic E-state index is 11.8. The minimum absolute atomic E-state index is 0.395. The van der Waals surface area contributed by atoms with Crippen LogP contribution in [-0.4, -0.2) is 41.0 Å². The van der Waals surface area contributed by atoms with Crippen LogP contribution in [0.1, 0.15) is 61.4 Å². The number of carbonyl (C=O) groups excluding carboxylic acids is 1. The number of primary amides is 1. The Morgan fingerprint density at radius 2 is 1.92 bits per heavy atom. The highest BCUT2D eigenvalue weighted by molar-refractivity contribution is 6.30. The van der Waals surface area contributed by atoms with Gasteiger partial charge in [-0.2, -0.15) is 0 Å². The van der Waals surface area contributed by atoms with Crippen molar-refractivity contribution in [2.75, 3.05) is 19.6 Å². The predicted octanol–water partition coefficient (Wildman–Crippen LogP) is 5.97. The number of ether oxygens (including phenoxy) is 2. The molecule has 38 heavy (non-hydrogen) atoms. The van der Waals surface area contributed by atoms with Gasteiger partial charge in [-0.15, -0.1) is 0 Å². The largest absolute Gasteiger partial charge is 0.487 e. The second-order valence-corrected chi connectivity index (χ2v) is 10.9. The van der Waals surface area contributed by atoms with Crippen molar-refractivity contribution >= 4 is 23.1 Å². The first kappa shape index (κ1) is 26.3. The molecule has 0 atom stereocenters. The molecule has 5 rings (SSSR count). The highest BCUT2D eigenvalue weighted by Crippen LogP contribution is 2.39. The summed E-state index contributed by atoms with van der Waals surface area (Å²) in [6, 6.07) is 18.0. The molecule has 2 aliphatic heterocycles. The van der Waals surface area contributed by atoms with Crippen molar-refractivity contribution in [3.63, 3.8) is 0 Å². The normalized spacial score (nSPS) is 17.3. The molecule has 0 radical (unpaired) electrons. The Balaban J connectivity index is 1.33. The molecule has 0 spiro atoms. The van der Waals surface area contributed by atoms with Crippen molar-refractivity contribution in [3.05, 3.63) is 94.3 Å². The number of pyridine rings is 1. The van der Waals surface area contributed by atoms with Gasteiger partial charge >= 0.3 is 0 Å². The van der Waals surface area contributed by atoms with E-state index in [1.807, 2.05) is 36.4 Å². The number of amides is 1. The molecule has 6 nitrogen and oxygen atoms in total. The highest BCUT2D eigenvalue weighted by atomic mass is 35.5. The van der Waals surface area contributed by atoms with E-state index in [4.69, 9.17) is 26.8 Å². The lowest BCUT2D eigenvalue weighted by molar-refractivity contribution is -0.130. The average molecular weight is 532 g/mol. The summed E-state index contributed by atoms with van der Waals surface area (Å²) in [5.74, 6) is 1.41. The molecule has 2 N–H and O–H groups in total. The first-order chi connectivity index (χ1) is 18.3. The van der Waals surface area contributed by atoms with Gasteiger partial charge in [0.05, 0.1) is 5.69 Å². The number of likely N-dealkylation sites (tertiary alicyclic amines) is 1. The standard InChI is InChI=1S/C31H34ClN3O3/c1-31(2,30(33)36)38-24-11-12-29-27(19-24)25(26-5-3-15-34-28(26)20-37-29)6-4-16-35-17-13-22(14-18-35)21-7-9-23(32)10-8-21/h3,5-12,15,19,22H,4,13-14,16-18,20H2,1-2H3,(H2,33,36)/b25-6+. The van der Waals surface area contributed by atoms with Crippen molar-refractivity contribution in [1.82, 2.24) is 9.88 Å². The number of aromatic nitrogens is 1. The molecule has 0 bridgehead atoms. The Hall–Kier alpha value is -3.35. The van der Waals surface area contributed by atoms with Crippen LogP contribution in [0.3, 0.4) is 0 Å². The van der Waals surface area contributed by atoms with Crippen LogP contribution in [0.5, 0.6) is 11.5 Å². The second-order valence-electron chi connectivity index (χ2n) is 10.5. The summed E-state index contributed by atoms with van der Waals surface area (Å²) in [6.45, 7) is 6.87. The number of rotatable bonds is 7. The Morgan fingerprint density at radius 1 is 1.16 bits per heavy atom. The van der Waals surface area contributed by atoms with Crippen LogP contribution in [0, 0.1) is 0 Å². The van der Waals surface area contributed by atoms with Crippen molar-refractivity contribution < 1.29 is 14.3 Å². The van der Waals surface area contributed by atoms with Gasteiger partial charge in [0.2, 0.25) is 0 Å². The van der Waals surface area contributed by atoms with E-state index in [0.29, 0.717) is 18.3 Å². The van der Waals surface area contributed by atoms with Crippen molar-refractivity contribution in [3.8, 4) is 11.5 Å². The van der Waals surface area contributed by atoms with E-state index >= 15 is 0 Å². The van der Waals surface area contributed by atoms with Gasteiger partial charge in [-0.1, -0.05) is 35.9 Å². The highest BCUT2D eigenvalue weighted by Gasteiger charge is 2.28. The van der Waals surface area contributed by atoms with E-state index in [1.165, 1.54) is 5.56 Å².